The Hall–Kier alpha value is -5.10. The molecule has 0 bridgehead atoms. The zero-order valence-electron chi connectivity index (χ0n) is 24.9. The number of benzene rings is 3. The molecule has 9 heteroatoms. The number of alkyl halides is 3. The maximum Gasteiger partial charge on any atom is 0.418 e. The molecule has 0 aliphatic heterocycles. The molecule has 44 heavy (non-hydrogen) atoms. The van der Waals surface area contributed by atoms with E-state index in [-0.39, 0.29) is 12.2 Å². The van der Waals surface area contributed by atoms with Crippen LogP contribution in [0.2, 0.25) is 0 Å². The molecular formula is C35H30F3N3O3. The van der Waals surface area contributed by atoms with E-state index in [1.807, 2.05) is 50.2 Å². The van der Waals surface area contributed by atoms with E-state index in [0.29, 0.717) is 16.6 Å². The van der Waals surface area contributed by atoms with Crippen molar-refractivity contribution in [3.05, 3.63) is 123 Å². The summed E-state index contributed by atoms with van der Waals surface area (Å²) in [6.07, 6.45) is -3.77. The number of nitrogens with zero attached hydrogens (tertiary/aromatic N) is 3. The number of carbonyl (C=O) groups excluding carboxylic acids is 1. The van der Waals surface area contributed by atoms with Crippen LogP contribution in [0.5, 0.6) is 0 Å². The van der Waals surface area contributed by atoms with Gasteiger partial charge in [-0.3, -0.25) is 9.36 Å². The SMILES string of the molecule is [C-]#[N+]c1c(C(F)(F)F)cc(-c2cccc(-c3ccc4c(ccn4C(=O)OC(C)(C)C)c3)c2)n(Cc2ccc(C)cc2C)c1=O. The second-order valence-corrected chi connectivity index (χ2v) is 11.7. The van der Waals surface area contributed by atoms with Crippen molar-refractivity contribution in [2.24, 2.45) is 0 Å². The highest BCUT2D eigenvalue weighted by atomic mass is 19.4. The average molecular weight is 598 g/mol. The van der Waals surface area contributed by atoms with Crippen molar-refractivity contribution in [2.75, 3.05) is 0 Å². The zero-order valence-corrected chi connectivity index (χ0v) is 24.9. The van der Waals surface area contributed by atoms with Crippen LogP contribution in [0.15, 0.2) is 83.8 Å². The summed E-state index contributed by atoms with van der Waals surface area (Å²) in [6, 6.07) is 20.7. The molecule has 5 aromatic rings. The van der Waals surface area contributed by atoms with Gasteiger partial charge in [-0.25, -0.2) is 9.64 Å². The molecule has 0 N–H and O–H groups in total. The number of fused-ring (bicyclic) bond motifs is 1. The topological polar surface area (TPSA) is 57.6 Å². The summed E-state index contributed by atoms with van der Waals surface area (Å²) < 4.78 is 50.4. The molecule has 2 heterocycles. The third-order valence-corrected chi connectivity index (χ3v) is 7.29. The second-order valence-electron chi connectivity index (χ2n) is 11.7. The lowest BCUT2D eigenvalue weighted by Gasteiger charge is -2.20. The molecule has 0 aliphatic carbocycles. The van der Waals surface area contributed by atoms with Gasteiger partial charge in [-0.2, -0.15) is 13.2 Å². The summed E-state index contributed by atoms with van der Waals surface area (Å²) in [6.45, 7) is 16.6. The van der Waals surface area contributed by atoms with E-state index in [1.165, 1.54) is 9.13 Å². The molecule has 0 saturated carbocycles. The third kappa shape index (κ3) is 6.02. The molecule has 0 unspecified atom stereocenters. The number of pyridine rings is 1. The van der Waals surface area contributed by atoms with Crippen LogP contribution in [0.4, 0.5) is 23.7 Å². The van der Waals surface area contributed by atoms with Gasteiger partial charge in [-0.15, -0.1) is 0 Å². The van der Waals surface area contributed by atoms with Crippen molar-refractivity contribution in [1.82, 2.24) is 9.13 Å². The Bertz CT molecular complexity index is 2020. The molecule has 0 atom stereocenters. The van der Waals surface area contributed by atoms with Gasteiger partial charge in [0, 0.05) is 17.3 Å². The highest BCUT2D eigenvalue weighted by Gasteiger charge is 2.36. The number of hydrogen-bond donors (Lipinski definition) is 0. The lowest BCUT2D eigenvalue weighted by molar-refractivity contribution is -0.136. The fourth-order valence-electron chi connectivity index (χ4n) is 5.20. The number of carbonyl (C=O) groups is 1. The van der Waals surface area contributed by atoms with E-state index >= 15 is 0 Å². The molecule has 0 aliphatic rings. The van der Waals surface area contributed by atoms with E-state index < -0.39 is 34.7 Å². The normalized spacial score (nSPS) is 11.9. The molecule has 224 valence electrons. The first-order valence-electron chi connectivity index (χ1n) is 13.9. The van der Waals surface area contributed by atoms with Crippen LogP contribution >= 0.6 is 0 Å². The number of ether oxygens (including phenoxy) is 1. The fourth-order valence-corrected chi connectivity index (χ4v) is 5.20. The average Bonchev–Trinajstić information content (AvgIpc) is 3.37. The Balaban J connectivity index is 1.64. The first-order chi connectivity index (χ1) is 20.7. The summed E-state index contributed by atoms with van der Waals surface area (Å²) >= 11 is 0. The lowest BCUT2D eigenvalue weighted by Crippen LogP contribution is -2.26. The fraction of sp³-hybridized carbons (Fsp3) is 0.229. The molecule has 0 radical (unpaired) electrons. The highest BCUT2D eigenvalue weighted by Crippen LogP contribution is 2.38. The van der Waals surface area contributed by atoms with Gasteiger partial charge >= 0.3 is 12.3 Å². The summed E-state index contributed by atoms with van der Waals surface area (Å²) in [5.74, 6) is 0. The van der Waals surface area contributed by atoms with Crippen molar-refractivity contribution >= 4 is 22.7 Å². The van der Waals surface area contributed by atoms with Crippen LogP contribution in [-0.4, -0.2) is 20.8 Å². The third-order valence-electron chi connectivity index (χ3n) is 7.29. The quantitative estimate of drug-likeness (QED) is 0.194. The standard InChI is InChI=1S/C35H30F3N3O3/c1-21-10-11-27(22(2)16-21)20-41-30(19-28(35(36,37)38)31(39-6)32(41)42)25-9-7-8-23(17-25)24-12-13-29-26(18-24)14-15-40(29)33(43)44-34(3,4)5/h7-19H,20H2,1-5H3. The van der Waals surface area contributed by atoms with Crippen LogP contribution in [0, 0.1) is 20.4 Å². The smallest absolute Gasteiger partial charge is 0.418 e. The minimum atomic E-state index is -4.89. The van der Waals surface area contributed by atoms with Crippen molar-refractivity contribution < 1.29 is 22.7 Å². The van der Waals surface area contributed by atoms with Crippen LogP contribution in [-0.2, 0) is 17.5 Å². The van der Waals surface area contributed by atoms with Gasteiger partial charge in [-0.1, -0.05) is 48.0 Å². The van der Waals surface area contributed by atoms with Crippen molar-refractivity contribution in [2.45, 2.75) is 52.9 Å². The van der Waals surface area contributed by atoms with E-state index in [1.54, 1.807) is 57.3 Å². The van der Waals surface area contributed by atoms with Gasteiger partial charge in [0.15, 0.2) is 0 Å². The van der Waals surface area contributed by atoms with Crippen molar-refractivity contribution in [3.63, 3.8) is 0 Å². The van der Waals surface area contributed by atoms with Gasteiger partial charge in [0.25, 0.3) is 11.2 Å². The van der Waals surface area contributed by atoms with E-state index in [9.17, 15) is 22.8 Å². The maximum atomic E-state index is 14.1. The number of rotatable bonds is 4. The van der Waals surface area contributed by atoms with Gasteiger partial charge in [0.1, 0.15) is 5.60 Å². The number of aromatic nitrogens is 2. The zero-order chi connectivity index (χ0) is 32.0. The molecule has 0 spiro atoms. The minimum absolute atomic E-state index is 0.00466. The summed E-state index contributed by atoms with van der Waals surface area (Å²) in [5, 5.41) is 0.770. The largest absolute Gasteiger partial charge is 0.443 e. The predicted molar refractivity (Wildman–Crippen MR) is 165 cm³/mol. The van der Waals surface area contributed by atoms with Crippen LogP contribution in [0.1, 0.15) is 43.0 Å². The van der Waals surface area contributed by atoms with E-state index in [0.717, 1.165) is 33.7 Å². The van der Waals surface area contributed by atoms with Gasteiger partial charge in [0.05, 0.1) is 24.2 Å². The summed E-state index contributed by atoms with van der Waals surface area (Å²) in [4.78, 5) is 29.2. The maximum absolute atomic E-state index is 14.1. The number of halogens is 3. The lowest BCUT2D eigenvalue weighted by atomic mass is 9.99. The van der Waals surface area contributed by atoms with Crippen molar-refractivity contribution in [3.8, 4) is 22.4 Å². The highest BCUT2D eigenvalue weighted by molar-refractivity contribution is 5.92. The van der Waals surface area contributed by atoms with Crippen LogP contribution in [0.25, 0.3) is 38.1 Å². The molecule has 0 amide bonds. The van der Waals surface area contributed by atoms with Gasteiger partial charge < -0.3 is 9.30 Å². The van der Waals surface area contributed by atoms with Gasteiger partial charge in [0.2, 0.25) is 0 Å². The Morgan fingerprint density at radius 1 is 0.909 bits per heavy atom. The Labute approximate surface area is 252 Å². The van der Waals surface area contributed by atoms with Gasteiger partial charge in [-0.05, 0) is 92.8 Å². The minimum Gasteiger partial charge on any atom is -0.443 e. The molecular weight excluding hydrogens is 567 g/mol. The van der Waals surface area contributed by atoms with E-state index in [2.05, 4.69) is 4.85 Å². The molecule has 6 nitrogen and oxygen atoms in total. The molecule has 0 fully saturated rings. The molecule has 3 aromatic carbocycles. The number of hydrogen-bond acceptors (Lipinski definition) is 3. The molecule has 2 aromatic heterocycles. The molecule has 0 saturated heterocycles. The van der Waals surface area contributed by atoms with Crippen molar-refractivity contribution in [1.29, 1.82) is 0 Å². The Morgan fingerprint density at radius 2 is 1.61 bits per heavy atom. The number of aryl methyl sites for hydroxylation is 2. The Morgan fingerprint density at radius 3 is 2.27 bits per heavy atom. The summed E-state index contributed by atoms with van der Waals surface area (Å²) in [5.41, 5.74) is 1.31. The van der Waals surface area contributed by atoms with E-state index in [4.69, 9.17) is 11.3 Å². The van der Waals surface area contributed by atoms with Crippen LogP contribution < -0.4 is 5.56 Å². The van der Waals surface area contributed by atoms with Crippen LogP contribution in [0.3, 0.4) is 0 Å². The Kier molecular flexibility index (Phi) is 7.72. The first-order valence-corrected chi connectivity index (χ1v) is 13.9. The predicted octanol–water partition coefficient (Wildman–Crippen LogP) is 9.15. The monoisotopic (exact) mass is 597 g/mol. The first kappa shape index (κ1) is 30.4. The second kappa shape index (κ2) is 11.2. The molecule has 5 rings (SSSR count). The summed E-state index contributed by atoms with van der Waals surface area (Å²) in [7, 11) is 0.